The molecule has 0 heterocycles. The molecule has 0 aliphatic rings. The minimum atomic E-state index is -4.73. The summed E-state index contributed by atoms with van der Waals surface area (Å²) in [5.74, 6) is -1.44. The number of carbonyl (C=O) groups excluding carboxylic acids is 4. The van der Waals surface area contributed by atoms with Gasteiger partial charge in [-0.05, 0) is 64.2 Å². The van der Waals surface area contributed by atoms with Gasteiger partial charge in [-0.1, -0.05) is 182 Å². The third-order valence-electron chi connectivity index (χ3n) is 13.0. The largest absolute Gasteiger partial charge is 0.756 e. The van der Waals surface area contributed by atoms with Crippen LogP contribution in [0.2, 0.25) is 0 Å². The van der Waals surface area contributed by atoms with Gasteiger partial charge in [0.1, 0.15) is 19.8 Å². The molecule has 14 heteroatoms. The Morgan fingerprint density at radius 3 is 1.17 bits per heavy atom. The first-order valence-electron chi connectivity index (χ1n) is 28.8. The molecule has 0 aromatic heterocycles. The summed E-state index contributed by atoms with van der Waals surface area (Å²) in [6.45, 7) is 8.85. The fourth-order valence-corrected chi connectivity index (χ4v) is 9.11. The molecule has 0 saturated carbocycles. The lowest BCUT2D eigenvalue weighted by molar-refractivity contribution is -0.870. The first-order valence-corrected chi connectivity index (χ1v) is 30.2. The average molecular weight is 1020 g/mol. The van der Waals surface area contributed by atoms with Crippen molar-refractivity contribution in [1.82, 2.24) is 0 Å². The van der Waals surface area contributed by atoms with Crippen LogP contribution in [0, 0.1) is 11.8 Å². The number of nitrogens with zero attached hydrogens (tertiary/aromatic N) is 1. The van der Waals surface area contributed by atoms with Gasteiger partial charge in [-0.2, -0.15) is 0 Å². The molecule has 0 aromatic carbocycles. The Morgan fingerprint density at radius 1 is 0.429 bits per heavy atom. The van der Waals surface area contributed by atoms with Gasteiger partial charge in [0, 0.05) is 12.8 Å². The van der Waals surface area contributed by atoms with Gasteiger partial charge in [0.15, 0.2) is 6.10 Å². The Morgan fingerprint density at radius 2 is 0.786 bits per heavy atom. The van der Waals surface area contributed by atoms with Gasteiger partial charge in [0.25, 0.3) is 7.82 Å². The highest BCUT2D eigenvalue weighted by Crippen LogP contribution is 2.38. The van der Waals surface area contributed by atoms with Gasteiger partial charge in [-0.25, -0.2) is 0 Å². The van der Waals surface area contributed by atoms with Gasteiger partial charge in [-0.3, -0.25) is 23.7 Å². The Hall–Kier alpha value is -2.05. The van der Waals surface area contributed by atoms with Crippen molar-refractivity contribution in [2.24, 2.45) is 11.8 Å². The highest BCUT2D eigenvalue weighted by atomic mass is 31.2. The van der Waals surface area contributed by atoms with E-state index >= 15 is 0 Å². The van der Waals surface area contributed by atoms with Crippen LogP contribution in [-0.4, -0.2) is 95.2 Å². The molecular weight excluding hydrogens is 910 g/mol. The number of hydrogen-bond acceptors (Lipinski definition) is 12. The van der Waals surface area contributed by atoms with Crippen LogP contribution in [-0.2, 0) is 51.7 Å². The highest BCUT2D eigenvalue weighted by molar-refractivity contribution is 7.45. The molecule has 0 rings (SSSR count). The van der Waals surface area contributed by atoms with Gasteiger partial charge < -0.3 is 37.4 Å². The maximum absolute atomic E-state index is 13.1. The lowest BCUT2D eigenvalue weighted by atomic mass is 9.94. The molecule has 0 bridgehead atoms. The minimum Gasteiger partial charge on any atom is -0.756 e. The van der Waals surface area contributed by atoms with Crippen LogP contribution in [0.1, 0.15) is 259 Å². The molecule has 0 fully saturated rings. The topological polar surface area (TPSA) is 164 Å². The smallest absolute Gasteiger partial charge is 0.308 e. The number of carbonyl (C=O) groups is 4. The first kappa shape index (κ1) is 68.0. The lowest BCUT2D eigenvalue weighted by Crippen LogP contribution is -2.37. The maximum atomic E-state index is 13.1. The van der Waals surface area contributed by atoms with E-state index in [2.05, 4.69) is 27.7 Å². The number of hydrogen-bond donors (Lipinski definition) is 0. The summed E-state index contributed by atoms with van der Waals surface area (Å²) in [5.41, 5.74) is 0. The summed E-state index contributed by atoms with van der Waals surface area (Å²) >= 11 is 0. The molecule has 0 aliphatic carbocycles. The Bertz CT molecular complexity index is 1280. The molecule has 0 saturated heterocycles. The van der Waals surface area contributed by atoms with Crippen LogP contribution in [0.4, 0.5) is 0 Å². The standard InChI is InChI=1S/C56H108NO12P/c1-8-12-16-20-24-30-38-50(39-31-25-21-17-13-9-2)55(60)64-45-36-28-34-42-53(58)66-48-52(49-68-70(62,63)67-47-44-57(5,6)7)69-54(59)43-35-29-37-46-65-56(61)51(40-32-26-22-18-14-10-3)41-33-27-23-19-15-11-4/h50-52H,8-49H2,1-7H3/t52-/m0/s1. The Balaban J connectivity index is 5.01. The van der Waals surface area contributed by atoms with Crippen LogP contribution in [0.3, 0.4) is 0 Å². The number of ether oxygens (including phenoxy) is 4. The van der Waals surface area contributed by atoms with Crippen molar-refractivity contribution in [3.8, 4) is 0 Å². The molecule has 0 aliphatic heterocycles. The molecule has 414 valence electrons. The molecule has 70 heavy (non-hydrogen) atoms. The molecule has 0 spiro atoms. The molecule has 0 amide bonds. The zero-order valence-corrected chi connectivity index (χ0v) is 47.1. The van der Waals surface area contributed by atoms with Crippen LogP contribution >= 0.6 is 7.82 Å². The quantitative estimate of drug-likeness (QED) is 0.0186. The lowest BCUT2D eigenvalue weighted by Gasteiger charge is -2.28. The second-order valence-corrected chi connectivity index (χ2v) is 22.4. The summed E-state index contributed by atoms with van der Waals surface area (Å²) in [4.78, 5) is 64.5. The van der Waals surface area contributed by atoms with Crippen molar-refractivity contribution in [3.63, 3.8) is 0 Å². The van der Waals surface area contributed by atoms with E-state index in [4.69, 9.17) is 28.0 Å². The van der Waals surface area contributed by atoms with Crippen molar-refractivity contribution in [2.75, 3.05) is 60.7 Å². The molecule has 0 radical (unpaired) electrons. The van der Waals surface area contributed by atoms with E-state index in [1.54, 1.807) is 0 Å². The normalized spacial score (nSPS) is 13.1. The van der Waals surface area contributed by atoms with E-state index in [1.165, 1.54) is 103 Å². The van der Waals surface area contributed by atoms with Crippen molar-refractivity contribution < 1.29 is 61.1 Å². The number of phosphoric acid groups is 1. The van der Waals surface area contributed by atoms with Crippen molar-refractivity contribution in [2.45, 2.75) is 265 Å². The summed E-state index contributed by atoms with van der Waals surface area (Å²) < 4.78 is 45.6. The minimum absolute atomic E-state index is 0.0511. The summed E-state index contributed by atoms with van der Waals surface area (Å²) in [5, 5.41) is 0. The van der Waals surface area contributed by atoms with Gasteiger partial charge in [-0.15, -0.1) is 0 Å². The summed E-state index contributed by atoms with van der Waals surface area (Å²) in [7, 11) is 0.982. The van der Waals surface area contributed by atoms with Crippen molar-refractivity contribution in [1.29, 1.82) is 0 Å². The SMILES string of the molecule is CCCCCCCCC(CCCCCCCC)C(=O)OCCCCCC(=O)OC[C@@H](COP(=O)([O-])OCC[N+](C)(C)C)OC(=O)CCCCCOC(=O)C(CCCCCCCC)CCCCCCCC. The molecule has 2 atom stereocenters. The van der Waals surface area contributed by atoms with Crippen molar-refractivity contribution >= 4 is 31.7 Å². The fourth-order valence-electron chi connectivity index (χ4n) is 8.38. The van der Waals surface area contributed by atoms with Crippen LogP contribution in [0.15, 0.2) is 0 Å². The van der Waals surface area contributed by atoms with E-state index in [1.807, 2.05) is 21.1 Å². The second kappa shape index (κ2) is 46.7. The molecular formula is C56H108NO12P. The number of likely N-dealkylation sites (N-methyl/N-ethyl adjacent to an activating group) is 1. The number of rotatable bonds is 52. The van der Waals surface area contributed by atoms with Gasteiger partial charge in [0.2, 0.25) is 0 Å². The zero-order valence-electron chi connectivity index (χ0n) is 46.2. The van der Waals surface area contributed by atoms with Crippen LogP contribution in [0.25, 0.3) is 0 Å². The summed E-state index contributed by atoms with van der Waals surface area (Å²) in [6, 6.07) is 0. The molecule has 13 nitrogen and oxygen atoms in total. The Kier molecular flexibility index (Phi) is 45.3. The molecule has 0 aromatic rings. The number of esters is 4. The van der Waals surface area contributed by atoms with Gasteiger partial charge >= 0.3 is 23.9 Å². The Labute approximate surface area is 428 Å². The zero-order chi connectivity index (χ0) is 52.0. The van der Waals surface area contributed by atoms with E-state index in [-0.39, 0.29) is 49.8 Å². The predicted octanol–water partition coefficient (Wildman–Crippen LogP) is 14.1. The second-order valence-electron chi connectivity index (χ2n) is 21.0. The first-order chi connectivity index (χ1) is 33.7. The number of quaternary nitrogens is 1. The predicted molar refractivity (Wildman–Crippen MR) is 281 cm³/mol. The van der Waals surface area contributed by atoms with Gasteiger partial charge in [0.05, 0.1) is 52.8 Å². The fraction of sp³-hybridized carbons (Fsp3) is 0.929. The average Bonchev–Trinajstić information content (AvgIpc) is 3.31. The van der Waals surface area contributed by atoms with Crippen LogP contribution < -0.4 is 4.89 Å². The third kappa shape index (κ3) is 44.6. The maximum Gasteiger partial charge on any atom is 0.308 e. The van der Waals surface area contributed by atoms with E-state index in [0.29, 0.717) is 62.8 Å². The van der Waals surface area contributed by atoms with Crippen LogP contribution in [0.5, 0.6) is 0 Å². The number of unbranched alkanes of at least 4 members (excludes halogenated alkanes) is 24. The monoisotopic (exact) mass is 1020 g/mol. The van der Waals surface area contributed by atoms with E-state index in [9.17, 15) is 28.6 Å². The van der Waals surface area contributed by atoms with E-state index in [0.717, 1.165) is 77.0 Å². The number of phosphoric ester groups is 1. The van der Waals surface area contributed by atoms with Crippen molar-refractivity contribution in [3.05, 3.63) is 0 Å². The summed E-state index contributed by atoms with van der Waals surface area (Å²) in [6.07, 6.45) is 34.5. The molecule has 1 unspecified atom stereocenters. The highest BCUT2D eigenvalue weighted by Gasteiger charge is 2.23. The van der Waals surface area contributed by atoms with E-state index < -0.39 is 32.5 Å². The third-order valence-corrected chi connectivity index (χ3v) is 14.0. The molecule has 0 N–H and O–H groups in total.